The number of rotatable bonds is 3. The van der Waals surface area contributed by atoms with Crippen molar-refractivity contribution in [2.75, 3.05) is 25.1 Å². The second kappa shape index (κ2) is 5.61. The molecular formula is C19H21N3O. The van der Waals surface area contributed by atoms with E-state index in [9.17, 15) is 0 Å². The lowest BCUT2D eigenvalue weighted by molar-refractivity contribution is 0.415. The molecule has 0 bridgehead atoms. The number of hydrogen-bond donors (Lipinski definition) is 1. The number of aryl methyl sites for hydroxylation is 1. The highest BCUT2D eigenvalue weighted by Crippen LogP contribution is 2.29. The SMILES string of the molecule is COc1ccc2nc(-c3ccc(N4CCCC4)c(C)c3)[nH]c2c1. The lowest BCUT2D eigenvalue weighted by atomic mass is 10.1. The van der Waals surface area contributed by atoms with Crippen LogP contribution in [0.15, 0.2) is 36.4 Å². The van der Waals surface area contributed by atoms with Crippen molar-refractivity contribution in [1.29, 1.82) is 0 Å². The number of methoxy groups -OCH3 is 1. The Labute approximate surface area is 136 Å². The molecule has 1 saturated heterocycles. The molecule has 2 aromatic carbocycles. The van der Waals surface area contributed by atoms with Crippen LogP contribution in [-0.4, -0.2) is 30.2 Å². The topological polar surface area (TPSA) is 41.1 Å². The summed E-state index contributed by atoms with van der Waals surface area (Å²) in [5.41, 5.74) is 5.75. The van der Waals surface area contributed by atoms with E-state index in [-0.39, 0.29) is 0 Å². The van der Waals surface area contributed by atoms with Crippen molar-refractivity contribution in [3.8, 4) is 17.1 Å². The fourth-order valence-electron chi connectivity index (χ4n) is 3.37. The zero-order valence-corrected chi connectivity index (χ0v) is 13.6. The Balaban J connectivity index is 1.71. The van der Waals surface area contributed by atoms with Crippen molar-refractivity contribution in [1.82, 2.24) is 9.97 Å². The highest BCUT2D eigenvalue weighted by Gasteiger charge is 2.15. The van der Waals surface area contributed by atoms with E-state index in [1.54, 1.807) is 7.11 Å². The van der Waals surface area contributed by atoms with Crippen molar-refractivity contribution in [3.05, 3.63) is 42.0 Å². The van der Waals surface area contributed by atoms with Crippen molar-refractivity contribution < 1.29 is 4.74 Å². The number of nitrogens with zero attached hydrogens (tertiary/aromatic N) is 2. The van der Waals surface area contributed by atoms with Crippen LogP contribution in [0.3, 0.4) is 0 Å². The Hall–Kier alpha value is -2.49. The molecule has 2 heterocycles. The average molecular weight is 307 g/mol. The van der Waals surface area contributed by atoms with Crippen LogP contribution in [-0.2, 0) is 0 Å². The number of imidazole rings is 1. The Morgan fingerprint density at radius 1 is 1.09 bits per heavy atom. The fraction of sp³-hybridized carbons (Fsp3) is 0.316. The van der Waals surface area contributed by atoms with Gasteiger partial charge in [0.15, 0.2) is 0 Å². The maximum Gasteiger partial charge on any atom is 0.138 e. The first-order valence-electron chi connectivity index (χ1n) is 8.14. The molecular weight excluding hydrogens is 286 g/mol. The highest BCUT2D eigenvalue weighted by atomic mass is 16.5. The van der Waals surface area contributed by atoms with Gasteiger partial charge in [0.2, 0.25) is 0 Å². The number of aromatic nitrogens is 2. The third kappa shape index (κ3) is 2.54. The molecule has 1 aliphatic rings. The summed E-state index contributed by atoms with van der Waals surface area (Å²) in [5.74, 6) is 1.75. The molecule has 0 radical (unpaired) electrons. The van der Waals surface area contributed by atoms with Gasteiger partial charge in [-0.05, 0) is 55.7 Å². The second-order valence-corrected chi connectivity index (χ2v) is 6.16. The predicted molar refractivity (Wildman–Crippen MR) is 94.3 cm³/mol. The minimum absolute atomic E-state index is 0.841. The summed E-state index contributed by atoms with van der Waals surface area (Å²) in [6, 6.07) is 12.5. The van der Waals surface area contributed by atoms with Gasteiger partial charge in [0, 0.05) is 30.4 Å². The van der Waals surface area contributed by atoms with E-state index in [0.29, 0.717) is 0 Å². The summed E-state index contributed by atoms with van der Waals surface area (Å²) < 4.78 is 5.28. The lowest BCUT2D eigenvalue weighted by Crippen LogP contribution is -2.18. The van der Waals surface area contributed by atoms with Crippen LogP contribution in [0, 0.1) is 6.92 Å². The molecule has 4 rings (SSSR count). The normalized spacial score (nSPS) is 14.6. The van der Waals surface area contributed by atoms with Gasteiger partial charge in [-0.2, -0.15) is 0 Å². The minimum Gasteiger partial charge on any atom is -0.497 e. The molecule has 0 aliphatic carbocycles. The van der Waals surface area contributed by atoms with Crippen LogP contribution in [0.25, 0.3) is 22.4 Å². The largest absolute Gasteiger partial charge is 0.497 e. The number of H-pyrrole nitrogens is 1. The molecule has 118 valence electrons. The number of hydrogen-bond acceptors (Lipinski definition) is 3. The molecule has 0 unspecified atom stereocenters. The summed E-state index contributed by atoms with van der Waals surface area (Å²) in [4.78, 5) is 10.6. The third-order valence-electron chi connectivity index (χ3n) is 4.61. The molecule has 1 N–H and O–H groups in total. The monoisotopic (exact) mass is 307 g/mol. The molecule has 23 heavy (non-hydrogen) atoms. The van der Waals surface area contributed by atoms with Gasteiger partial charge >= 0.3 is 0 Å². The summed E-state index contributed by atoms with van der Waals surface area (Å²) >= 11 is 0. The fourth-order valence-corrected chi connectivity index (χ4v) is 3.37. The Kier molecular flexibility index (Phi) is 3.45. The van der Waals surface area contributed by atoms with Gasteiger partial charge in [-0.1, -0.05) is 0 Å². The molecule has 4 nitrogen and oxygen atoms in total. The van der Waals surface area contributed by atoms with E-state index in [0.717, 1.165) is 28.2 Å². The zero-order chi connectivity index (χ0) is 15.8. The van der Waals surface area contributed by atoms with Crippen molar-refractivity contribution in [3.63, 3.8) is 0 Å². The van der Waals surface area contributed by atoms with Crippen LogP contribution in [0.5, 0.6) is 5.75 Å². The van der Waals surface area contributed by atoms with E-state index in [2.05, 4.69) is 35.0 Å². The number of nitrogens with one attached hydrogen (secondary N) is 1. The minimum atomic E-state index is 0.841. The molecule has 0 amide bonds. The van der Waals surface area contributed by atoms with Gasteiger partial charge < -0.3 is 14.6 Å². The molecule has 3 aromatic rings. The molecule has 0 saturated carbocycles. The van der Waals surface area contributed by atoms with Crippen LogP contribution >= 0.6 is 0 Å². The molecule has 1 fully saturated rings. The first-order valence-corrected chi connectivity index (χ1v) is 8.14. The predicted octanol–water partition coefficient (Wildman–Crippen LogP) is 4.15. The van der Waals surface area contributed by atoms with Gasteiger partial charge in [-0.25, -0.2) is 4.98 Å². The summed E-state index contributed by atoms with van der Waals surface area (Å²) in [6.45, 7) is 4.53. The summed E-state index contributed by atoms with van der Waals surface area (Å²) in [7, 11) is 1.68. The third-order valence-corrected chi connectivity index (χ3v) is 4.61. The van der Waals surface area contributed by atoms with Gasteiger partial charge in [0.1, 0.15) is 11.6 Å². The molecule has 4 heteroatoms. The van der Waals surface area contributed by atoms with Crippen molar-refractivity contribution >= 4 is 16.7 Å². The quantitative estimate of drug-likeness (QED) is 0.790. The molecule has 1 aromatic heterocycles. The maximum atomic E-state index is 5.28. The van der Waals surface area contributed by atoms with Crippen LogP contribution in [0.2, 0.25) is 0 Å². The first-order chi connectivity index (χ1) is 11.2. The van der Waals surface area contributed by atoms with Gasteiger partial charge in [-0.15, -0.1) is 0 Å². The number of ether oxygens (including phenoxy) is 1. The van der Waals surface area contributed by atoms with Crippen molar-refractivity contribution in [2.45, 2.75) is 19.8 Å². The summed E-state index contributed by atoms with van der Waals surface area (Å²) in [6.07, 6.45) is 2.60. The smallest absolute Gasteiger partial charge is 0.138 e. The Bertz CT molecular complexity index is 847. The molecule has 1 aliphatic heterocycles. The maximum absolute atomic E-state index is 5.28. The molecule has 0 spiro atoms. The Morgan fingerprint density at radius 2 is 1.91 bits per heavy atom. The van der Waals surface area contributed by atoms with Crippen LogP contribution in [0.4, 0.5) is 5.69 Å². The van der Waals surface area contributed by atoms with Crippen molar-refractivity contribution in [2.24, 2.45) is 0 Å². The highest BCUT2D eigenvalue weighted by molar-refractivity contribution is 5.81. The van der Waals surface area contributed by atoms with Gasteiger partial charge in [0.25, 0.3) is 0 Å². The molecule has 0 atom stereocenters. The van der Waals surface area contributed by atoms with Crippen LogP contribution in [0.1, 0.15) is 18.4 Å². The number of anilines is 1. The van der Waals surface area contributed by atoms with E-state index in [1.807, 2.05) is 18.2 Å². The first kappa shape index (κ1) is 14.1. The van der Waals surface area contributed by atoms with Crippen LogP contribution < -0.4 is 9.64 Å². The van der Waals surface area contributed by atoms with E-state index >= 15 is 0 Å². The van der Waals surface area contributed by atoms with Gasteiger partial charge in [-0.3, -0.25) is 0 Å². The van der Waals surface area contributed by atoms with E-state index < -0.39 is 0 Å². The van der Waals surface area contributed by atoms with Gasteiger partial charge in [0.05, 0.1) is 18.1 Å². The summed E-state index contributed by atoms with van der Waals surface area (Å²) in [5, 5.41) is 0. The second-order valence-electron chi connectivity index (χ2n) is 6.16. The standard InChI is InChI=1S/C19H21N3O/c1-13-11-14(5-8-18(13)22-9-3-4-10-22)19-20-16-7-6-15(23-2)12-17(16)21-19/h5-8,11-12H,3-4,9-10H2,1-2H3,(H,20,21). The van der Waals surface area contributed by atoms with E-state index in [4.69, 9.17) is 9.72 Å². The lowest BCUT2D eigenvalue weighted by Gasteiger charge is -2.20. The Morgan fingerprint density at radius 3 is 2.65 bits per heavy atom. The zero-order valence-electron chi connectivity index (χ0n) is 13.6. The number of fused-ring (bicyclic) bond motifs is 1. The number of benzene rings is 2. The average Bonchev–Trinajstić information content (AvgIpc) is 3.23. The number of aromatic amines is 1. The van der Waals surface area contributed by atoms with E-state index in [1.165, 1.54) is 37.2 Å².